The molecule has 16 heavy (non-hydrogen) atoms. The molecule has 1 aliphatic rings. The predicted molar refractivity (Wildman–Crippen MR) is 66.4 cm³/mol. The van der Waals surface area contributed by atoms with Crippen molar-refractivity contribution in [2.45, 2.75) is 39.2 Å². The van der Waals surface area contributed by atoms with Crippen molar-refractivity contribution in [3.63, 3.8) is 0 Å². The summed E-state index contributed by atoms with van der Waals surface area (Å²) < 4.78 is 8.29. The van der Waals surface area contributed by atoms with Crippen molar-refractivity contribution in [1.29, 1.82) is 0 Å². The van der Waals surface area contributed by atoms with Gasteiger partial charge in [0.25, 0.3) is 0 Å². The first-order valence-corrected chi connectivity index (χ1v) is 6.75. The summed E-state index contributed by atoms with van der Waals surface area (Å²) in [5.41, 5.74) is 1.24. The van der Waals surface area contributed by atoms with Gasteiger partial charge in [0.2, 0.25) is 0 Å². The highest BCUT2D eigenvalue weighted by molar-refractivity contribution is 7.73. The second-order valence-corrected chi connectivity index (χ2v) is 5.68. The lowest BCUT2D eigenvalue weighted by Crippen LogP contribution is -2.07. The summed E-state index contributed by atoms with van der Waals surface area (Å²) in [6, 6.07) is 0. The molecule has 5 heteroatoms. The number of esters is 1. The molecular weight excluding hydrogens is 242 g/mol. The van der Waals surface area contributed by atoms with E-state index < -0.39 is 0 Å². The van der Waals surface area contributed by atoms with Crippen molar-refractivity contribution >= 4 is 29.5 Å². The van der Waals surface area contributed by atoms with Crippen LogP contribution in [0.3, 0.4) is 0 Å². The molecule has 0 amide bonds. The van der Waals surface area contributed by atoms with Crippen LogP contribution in [0.2, 0.25) is 0 Å². The van der Waals surface area contributed by atoms with Crippen LogP contribution in [0.25, 0.3) is 0 Å². The molecule has 1 aromatic rings. The molecule has 0 saturated carbocycles. The summed E-state index contributed by atoms with van der Waals surface area (Å²) in [5.74, 6) is -0.0707. The Labute approximate surface area is 104 Å². The number of hydrogen-bond donors (Lipinski definition) is 0. The summed E-state index contributed by atoms with van der Waals surface area (Å²) >= 11 is 6.98. The van der Waals surface area contributed by atoms with E-state index in [1.165, 1.54) is 10.6 Å². The van der Waals surface area contributed by atoms with Crippen molar-refractivity contribution < 1.29 is 9.53 Å². The molecule has 0 atom stereocenters. The molecule has 2 bridgehead atoms. The van der Waals surface area contributed by atoms with Crippen molar-refractivity contribution in [2.24, 2.45) is 0 Å². The maximum Gasteiger partial charge on any atom is 0.305 e. The summed E-state index contributed by atoms with van der Waals surface area (Å²) in [5, 5.41) is 0. The Bertz CT molecular complexity index is 447. The number of ether oxygens (including phenoxy) is 1. The average molecular weight is 257 g/mol. The second-order valence-electron chi connectivity index (χ2n) is 3.96. The first kappa shape index (κ1) is 11.8. The zero-order valence-corrected chi connectivity index (χ0v) is 11.0. The number of carbonyl (C=O) groups is 1. The van der Waals surface area contributed by atoms with E-state index in [0.717, 1.165) is 29.8 Å². The number of cyclic esters (lactones) is 1. The van der Waals surface area contributed by atoms with Gasteiger partial charge in [-0.3, -0.25) is 4.79 Å². The Hall–Kier alpha value is -0.680. The van der Waals surface area contributed by atoms with Crippen LogP contribution in [0.5, 0.6) is 0 Å². The van der Waals surface area contributed by atoms with Gasteiger partial charge in [-0.15, -0.1) is 11.3 Å². The van der Waals surface area contributed by atoms with Crippen molar-refractivity contribution in [1.82, 2.24) is 4.57 Å². The van der Waals surface area contributed by atoms with Crippen LogP contribution in [0.15, 0.2) is 0 Å². The normalized spacial score (nSPS) is 17.7. The van der Waals surface area contributed by atoms with Crippen molar-refractivity contribution in [2.75, 3.05) is 6.61 Å². The molecule has 0 fully saturated rings. The first-order valence-electron chi connectivity index (χ1n) is 5.53. The fourth-order valence-corrected chi connectivity index (χ4v) is 3.40. The molecule has 2 heterocycles. The largest absolute Gasteiger partial charge is 0.465 e. The van der Waals surface area contributed by atoms with Crippen LogP contribution in [0, 0.1) is 10.9 Å². The van der Waals surface area contributed by atoms with Crippen LogP contribution in [0.1, 0.15) is 29.8 Å². The average Bonchev–Trinajstić information content (AvgIpc) is 2.48. The maximum absolute atomic E-state index is 11.3. The number of hydrogen-bond acceptors (Lipinski definition) is 4. The van der Waals surface area contributed by atoms with Gasteiger partial charge in [-0.25, -0.2) is 0 Å². The molecule has 0 radical (unpaired) electrons. The summed E-state index contributed by atoms with van der Waals surface area (Å²) in [6.07, 6.45) is 3.19. The van der Waals surface area contributed by atoms with E-state index in [-0.39, 0.29) is 5.97 Å². The number of aromatic nitrogens is 1. The molecule has 0 aromatic carbocycles. The van der Waals surface area contributed by atoms with E-state index in [1.54, 1.807) is 11.3 Å². The third kappa shape index (κ3) is 2.52. The van der Waals surface area contributed by atoms with Gasteiger partial charge in [-0.1, -0.05) is 0 Å². The van der Waals surface area contributed by atoms with Gasteiger partial charge in [0, 0.05) is 30.0 Å². The van der Waals surface area contributed by atoms with Gasteiger partial charge >= 0.3 is 5.97 Å². The Kier molecular flexibility index (Phi) is 3.76. The predicted octanol–water partition coefficient (Wildman–Crippen LogP) is 2.86. The zero-order chi connectivity index (χ0) is 11.5. The van der Waals surface area contributed by atoms with E-state index in [9.17, 15) is 4.79 Å². The van der Waals surface area contributed by atoms with Crippen LogP contribution in [0.4, 0.5) is 0 Å². The minimum Gasteiger partial charge on any atom is -0.465 e. The Morgan fingerprint density at radius 2 is 2.19 bits per heavy atom. The molecule has 88 valence electrons. The fourth-order valence-electron chi connectivity index (χ4n) is 1.88. The summed E-state index contributed by atoms with van der Waals surface area (Å²) in [4.78, 5) is 12.5. The zero-order valence-electron chi connectivity index (χ0n) is 9.32. The van der Waals surface area contributed by atoms with Gasteiger partial charge in [0.15, 0.2) is 3.95 Å². The Morgan fingerprint density at radius 1 is 1.38 bits per heavy atom. The van der Waals surface area contributed by atoms with Crippen LogP contribution in [-0.4, -0.2) is 17.1 Å². The van der Waals surface area contributed by atoms with Crippen molar-refractivity contribution in [3.8, 4) is 0 Å². The highest BCUT2D eigenvalue weighted by atomic mass is 32.1. The summed E-state index contributed by atoms with van der Waals surface area (Å²) in [6.45, 7) is 3.50. The first-order chi connectivity index (χ1) is 7.68. The SMILES string of the molecule is Cc1c2sc(=S)n1CCCCC(=O)OCC2. The lowest BCUT2D eigenvalue weighted by Gasteiger charge is -2.04. The van der Waals surface area contributed by atoms with E-state index in [1.807, 2.05) is 0 Å². The number of thiazole rings is 1. The smallest absolute Gasteiger partial charge is 0.305 e. The molecule has 0 N–H and O–H groups in total. The van der Waals surface area contributed by atoms with Gasteiger partial charge in [0.1, 0.15) is 0 Å². The highest BCUT2D eigenvalue weighted by Gasteiger charge is 2.12. The van der Waals surface area contributed by atoms with Gasteiger partial charge < -0.3 is 9.30 Å². The van der Waals surface area contributed by atoms with Gasteiger partial charge in [-0.2, -0.15) is 0 Å². The van der Waals surface area contributed by atoms with Crippen LogP contribution in [-0.2, 0) is 22.5 Å². The van der Waals surface area contributed by atoms with Crippen LogP contribution >= 0.6 is 23.6 Å². The third-order valence-electron chi connectivity index (χ3n) is 2.84. The standard InChI is InChI=1S/C11H15NO2S2/c1-8-9-5-7-14-10(13)4-2-3-6-12(8)11(15)16-9/h2-7H2,1H3. The van der Waals surface area contributed by atoms with Crippen LogP contribution < -0.4 is 0 Å². The quantitative estimate of drug-likeness (QED) is 0.529. The second kappa shape index (κ2) is 5.10. The molecule has 0 unspecified atom stereocenters. The monoisotopic (exact) mass is 257 g/mol. The lowest BCUT2D eigenvalue weighted by molar-refractivity contribution is -0.143. The van der Waals surface area contributed by atoms with Gasteiger partial charge in [0.05, 0.1) is 6.61 Å². The minimum atomic E-state index is -0.0707. The van der Waals surface area contributed by atoms with E-state index in [4.69, 9.17) is 17.0 Å². The number of nitrogens with zero attached hydrogens (tertiary/aromatic N) is 1. The molecule has 0 spiro atoms. The topological polar surface area (TPSA) is 31.2 Å². The summed E-state index contributed by atoms with van der Waals surface area (Å²) in [7, 11) is 0. The maximum atomic E-state index is 11.3. The molecule has 3 nitrogen and oxygen atoms in total. The number of fused-ring (bicyclic) bond motifs is 2. The molecule has 2 rings (SSSR count). The van der Waals surface area contributed by atoms with E-state index in [0.29, 0.717) is 13.0 Å². The highest BCUT2D eigenvalue weighted by Crippen LogP contribution is 2.21. The fraction of sp³-hybridized carbons (Fsp3) is 0.636. The molecular formula is C11H15NO2S2. The Balaban J connectivity index is 2.23. The number of rotatable bonds is 0. The molecule has 0 saturated heterocycles. The van der Waals surface area contributed by atoms with Gasteiger partial charge in [-0.05, 0) is 32.0 Å². The van der Waals surface area contributed by atoms with Crippen molar-refractivity contribution in [3.05, 3.63) is 14.5 Å². The molecule has 1 aromatic heterocycles. The molecule has 1 aliphatic heterocycles. The minimum absolute atomic E-state index is 0.0707. The lowest BCUT2D eigenvalue weighted by atomic mass is 10.2. The van der Waals surface area contributed by atoms with E-state index >= 15 is 0 Å². The molecule has 0 aliphatic carbocycles. The number of carbonyl (C=O) groups excluding carboxylic acids is 1. The van der Waals surface area contributed by atoms with E-state index in [2.05, 4.69) is 11.5 Å². The third-order valence-corrected chi connectivity index (χ3v) is 4.46. The Morgan fingerprint density at radius 3 is 3.00 bits per heavy atom.